The van der Waals surface area contributed by atoms with Crippen LogP contribution in [0.25, 0.3) is 0 Å². The molecule has 2 aromatic rings. The minimum Gasteiger partial charge on any atom is -0.492 e. The Kier molecular flexibility index (Phi) is 6.80. The molecule has 152 valence electrons. The van der Waals surface area contributed by atoms with E-state index in [1.807, 2.05) is 4.90 Å². The summed E-state index contributed by atoms with van der Waals surface area (Å²) in [7, 11) is 0. The van der Waals surface area contributed by atoms with Crippen molar-refractivity contribution in [2.75, 3.05) is 39.3 Å². The van der Waals surface area contributed by atoms with Crippen LogP contribution < -0.4 is 21.1 Å². The zero-order valence-electron chi connectivity index (χ0n) is 16.1. The normalized spacial score (nSPS) is 13.6. The maximum absolute atomic E-state index is 12.5. The topological polar surface area (TPSA) is 121 Å². The molecule has 0 unspecified atom stereocenters. The van der Waals surface area contributed by atoms with Gasteiger partial charge in [-0.1, -0.05) is 12.1 Å². The van der Waals surface area contributed by atoms with Gasteiger partial charge in [0.25, 0.3) is 11.8 Å². The standard InChI is InChI=1S/C21H25N5O3/c22-19(23)17-2-1-3-18(14-17)29-13-10-25-20(27)15-4-6-16(7-5-15)21(28)26-11-8-24-9-12-26/h1-7,14,24H,8-13H2,(H3,22,23)(H,25,27). The van der Waals surface area contributed by atoms with Crippen molar-refractivity contribution in [2.24, 2.45) is 5.73 Å². The van der Waals surface area contributed by atoms with Gasteiger partial charge in [0.1, 0.15) is 18.2 Å². The fourth-order valence-electron chi connectivity index (χ4n) is 3.00. The molecule has 0 bridgehead atoms. The number of hydrogen-bond acceptors (Lipinski definition) is 5. The highest BCUT2D eigenvalue weighted by Crippen LogP contribution is 2.13. The molecule has 2 amide bonds. The predicted molar refractivity (Wildman–Crippen MR) is 111 cm³/mol. The van der Waals surface area contributed by atoms with Crippen molar-refractivity contribution in [3.63, 3.8) is 0 Å². The third-order valence-electron chi connectivity index (χ3n) is 4.60. The Morgan fingerprint density at radius 3 is 2.45 bits per heavy atom. The molecule has 29 heavy (non-hydrogen) atoms. The molecule has 1 heterocycles. The van der Waals surface area contributed by atoms with Crippen LogP contribution >= 0.6 is 0 Å². The van der Waals surface area contributed by atoms with Gasteiger partial charge in [-0.2, -0.15) is 0 Å². The summed E-state index contributed by atoms with van der Waals surface area (Å²) in [5.74, 6) is 0.317. The van der Waals surface area contributed by atoms with Crippen LogP contribution in [0.5, 0.6) is 5.75 Å². The summed E-state index contributed by atoms with van der Waals surface area (Å²) in [6.45, 7) is 3.59. The van der Waals surface area contributed by atoms with Gasteiger partial charge in [0.2, 0.25) is 0 Å². The minimum atomic E-state index is -0.229. The zero-order chi connectivity index (χ0) is 20.6. The Bertz CT molecular complexity index is 876. The van der Waals surface area contributed by atoms with Crippen LogP contribution in [0.4, 0.5) is 0 Å². The van der Waals surface area contributed by atoms with Gasteiger partial charge < -0.3 is 26.0 Å². The van der Waals surface area contributed by atoms with E-state index >= 15 is 0 Å². The SMILES string of the molecule is N=C(N)c1cccc(OCCNC(=O)c2ccc(C(=O)N3CCNCC3)cc2)c1. The lowest BCUT2D eigenvalue weighted by Gasteiger charge is -2.27. The second kappa shape index (κ2) is 9.70. The van der Waals surface area contributed by atoms with Crippen LogP contribution in [0.2, 0.25) is 0 Å². The second-order valence-electron chi connectivity index (χ2n) is 6.67. The monoisotopic (exact) mass is 395 g/mol. The van der Waals surface area contributed by atoms with Crippen molar-refractivity contribution in [3.05, 3.63) is 65.2 Å². The zero-order valence-corrected chi connectivity index (χ0v) is 16.1. The molecule has 0 spiro atoms. The highest BCUT2D eigenvalue weighted by molar-refractivity contribution is 5.98. The average Bonchev–Trinajstić information content (AvgIpc) is 2.77. The summed E-state index contributed by atoms with van der Waals surface area (Å²) in [5, 5.41) is 13.4. The number of nitrogens with one attached hydrogen (secondary N) is 3. The lowest BCUT2D eigenvalue weighted by atomic mass is 10.1. The van der Waals surface area contributed by atoms with Crippen LogP contribution in [0.1, 0.15) is 26.3 Å². The van der Waals surface area contributed by atoms with Crippen LogP contribution in [-0.4, -0.2) is 61.9 Å². The maximum Gasteiger partial charge on any atom is 0.253 e. The van der Waals surface area contributed by atoms with E-state index in [9.17, 15) is 9.59 Å². The Morgan fingerprint density at radius 2 is 1.76 bits per heavy atom. The van der Waals surface area contributed by atoms with E-state index in [0.717, 1.165) is 13.1 Å². The highest BCUT2D eigenvalue weighted by Gasteiger charge is 2.18. The van der Waals surface area contributed by atoms with E-state index in [0.29, 0.717) is 42.1 Å². The number of piperazine rings is 1. The van der Waals surface area contributed by atoms with E-state index < -0.39 is 0 Å². The van der Waals surface area contributed by atoms with Crippen molar-refractivity contribution in [1.82, 2.24) is 15.5 Å². The van der Waals surface area contributed by atoms with Gasteiger partial charge in [0.05, 0.1) is 6.54 Å². The van der Waals surface area contributed by atoms with Crippen molar-refractivity contribution in [1.29, 1.82) is 5.41 Å². The van der Waals surface area contributed by atoms with Gasteiger partial charge in [0, 0.05) is 42.9 Å². The number of ether oxygens (including phenoxy) is 1. The molecule has 1 aliphatic rings. The minimum absolute atomic E-state index is 0.0142. The first-order chi connectivity index (χ1) is 14.0. The number of carbonyl (C=O) groups is 2. The summed E-state index contributed by atoms with van der Waals surface area (Å²) in [4.78, 5) is 26.5. The number of rotatable bonds is 7. The number of amidine groups is 1. The van der Waals surface area contributed by atoms with E-state index in [4.69, 9.17) is 15.9 Å². The number of amides is 2. The number of hydrogen-bond donors (Lipinski definition) is 4. The van der Waals surface area contributed by atoms with Crippen molar-refractivity contribution in [3.8, 4) is 5.75 Å². The number of nitrogens with zero attached hydrogens (tertiary/aromatic N) is 1. The van der Waals surface area contributed by atoms with E-state index in [1.54, 1.807) is 48.5 Å². The molecule has 0 aromatic heterocycles. The summed E-state index contributed by atoms with van der Waals surface area (Å²) in [6.07, 6.45) is 0. The van der Waals surface area contributed by atoms with Crippen molar-refractivity contribution >= 4 is 17.6 Å². The first-order valence-corrected chi connectivity index (χ1v) is 9.50. The Balaban J connectivity index is 1.46. The summed E-state index contributed by atoms with van der Waals surface area (Å²) >= 11 is 0. The van der Waals surface area contributed by atoms with E-state index in [2.05, 4.69) is 10.6 Å². The molecule has 8 heteroatoms. The van der Waals surface area contributed by atoms with Crippen molar-refractivity contribution in [2.45, 2.75) is 0 Å². The first kappa shape index (κ1) is 20.3. The number of nitrogen functional groups attached to an aromatic ring is 1. The van der Waals surface area contributed by atoms with Crippen LogP contribution in [0.15, 0.2) is 48.5 Å². The molecule has 2 aromatic carbocycles. The van der Waals surface area contributed by atoms with Gasteiger partial charge in [0.15, 0.2) is 0 Å². The molecule has 0 radical (unpaired) electrons. The third kappa shape index (κ3) is 5.55. The molecule has 8 nitrogen and oxygen atoms in total. The fourth-order valence-corrected chi connectivity index (χ4v) is 3.00. The average molecular weight is 395 g/mol. The van der Waals surface area contributed by atoms with E-state index in [-0.39, 0.29) is 24.3 Å². The number of carbonyl (C=O) groups excluding carboxylic acids is 2. The van der Waals surface area contributed by atoms with Crippen LogP contribution in [-0.2, 0) is 0 Å². The fraction of sp³-hybridized carbons (Fsp3) is 0.286. The molecule has 1 fully saturated rings. The van der Waals surface area contributed by atoms with Gasteiger partial charge in [-0.3, -0.25) is 15.0 Å². The summed E-state index contributed by atoms with van der Waals surface area (Å²) < 4.78 is 5.58. The first-order valence-electron chi connectivity index (χ1n) is 9.50. The Morgan fingerprint density at radius 1 is 1.07 bits per heavy atom. The molecule has 1 aliphatic heterocycles. The predicted octanol–water partition coefficient (Wildman–Crippen LogP) is 0.825. The van der Waals surface area contributed by atoms with Crippen molar-refractivity contribution < 1.29 is 14.3 Å². The molecular weight excluding hydrogens is 370 g/mol. The van der Waals surface area contributed by atoms with Crippen LogP contribution in [0, 0.1) is 5.41 Å². The molecule has 0 atom stereocenters. The second-order valence-corrected chi connectivity index (χ2v) is 6.67. The Labute approximate surface area is 169 Å². The lowest BCUT2D eigenvalue weighted by molar-refractivity contribution is 0.0735. The molecule has 3 rings (SSSR count). The van der Waals surface area contributed by atoms with Crippen LogP contribution in [0.3, 0.4) is 0 Å². The highest BCUT2D eigenvalue weighted by atomic mass is 16.5. The largest absolute Gasteiger partial charge is 0.492 e. The maximum atomic E-state index is 12.5. The van der Waals surface area contributed by atoms with Gasteiger partial charge in [-0.15, -0.1) is 0 Å². The van der Waals surface area contributed by atoms with E-state index in [1.165, 1.54) is 0 Å². The molecule has 0 saturated carbocycles. The Hall–Kier alpha value is -3.39. The van der Waals surface area contributed by atoms with Gasteiger partial charge in [-0.25, -0.2) is 0 Å². The van der Waals surface area contributed by atoms with Gasteiger partial charge in [-0.05, 0) is 36.4 Å². The third-order valence-corrected chi connectivity index (χ3v) is 4.60. The number of nitrogens with two attached hydrogens (primary N) is 1. The summed E-state index contributed by atoms with van der Waals surface area (Å²) in [6, 6.07) is 13.6. The smallest absolute Gasteiger partial charge is 0.253 e. The molecule has 0 aliphatic carbocycles. The molecular formula is C21H25N5O3. The number of benzene rings is 2. The molecule has 1 saturated heterocycles. The molecule has 5 N–H and O–H groups in total. The lowest BCUT2D eigenvalue weighted by Crippen LogP contribution is -2.46. The quantitative estimate of drug-likeness (QED) is 0.314. The van der Waals surface area contributed by atoms with Gasteiger partial charge >= 0.3 is 0 Å². The summed E-state index contributed by atoms with van der Waals surface area (Å²) in [5.41, 5.74) is 7.11.